The lowest BCUT2D eigenvalue weighted by atomic mass is 10.1. The van der Waals surface area contributed by atoms with E-state index in [1.165, 1.54) is 0 Å². The van der Waals surface area contributed by atoms with E-state index in [9.17, 15) is 0 Å². The van der Waals surface area contributed by atoms with Crippen LogP contribution in [0.5, 0.6) is 0 Å². The molecular weight excluding hydrogens is 172 g/mol. The Kier molecular flexibility index (Phi) is 2.97. The minimum Gasteiger partial charge on any atom is -0.349 e. The van der Waals surface area contributed by atoms with Crippen LogP contribution in [-0.4, -0.2) is 38.5 Å². The third-order valence-electron chi connectivity index (χ3n) is 2.62. The van der Waals surface area contributed by atoms with Crippen molar-refractivity contribution in [1.29, 1.82) is 0 Å². The van der Waals surface area contributed by atoms with Crippen molar-refractivity contribution in [2.24, 2.45) is 0 Å². The summed E-state index contributed by atoms with van der Waals surface area (Å²) in [5.74, 6) is -1.69. The first-order valence-corrected chi connectivity index (χ1v) is 4.39. The van der Waals surface area contributed by atoms with Crippen molar-refractivity contribution in [3.63, 3.8) is 0 Å². The number of methoxy groups -OCH3 is 2. The largest absolute Gasteiger partial charge is 0.349 e. The van der Waals surface area contributed by atoms with E-state index in [1.807, 2.05) is 20.8 Å². The summed E-state index contributed by atoms with van der Waals surface area (Å²) in [5.41, 5.74) is 0. The quantitative estimate of drug-likeness (QED) is 0.654. The van der Waals surface area contributed by atoms with Gasteiger partial charge in [-0.2, -0.15) is 0 Å². The van der Waals surface area contributed by atoms with Crippen LogP contribution in [0.25, 0.3) is 0 Å². The molecule has 0 aromatic rings. The molecule has 1 heterocycles. The standard InChI is InChI=1S/C9H18O4/c1-7-6-12-8(2,10-4)9(3,11-5)13-7/h7H,6H2,1-5H3. The zero-order chi connectivity index (χ0) is 10.1. The molecule has 3 atom stereocenters. The minimum absolute atomic E-state index is 0.0215. The third kappa shape index (κ3) is 1.72. The molecule has 0 aromatic heterocycles. The molecule has 1 rings (SSSR count). The summed E-state index contributed by atoms with van der Waals surface area (Å²) in [6.07, 6.45) is 0.0215. The summed E-state index contributed by atoms with van der Waals surface area (Å²) in [7, 11) is 3.16. The van der Waals surface area contributed by atoms with E-state index in [0.29, 0.717) is 6.61 Å². The van der Waals surface area contributed by atoms with Crippen LogP contribution in [0.3, 0.4) is 0 Å². The van der Waals surface area contributed by atoms with Crippen molar-refractivity contribution in [1.82, 2.24) is 0 Å². The lowest BCUT2D eigenvalue weighted by molar-refractivity contribution is -0.429. The molecule has 1 saturated heterocycles. The Morgan fingerprint density at radius 1 is 1.15 bits per heavy atom. The maximum absolute atomic E-state index is 5.66. The molecule has 1 fully saturated rings. The molecule has 3 unspecified atom stereocenters. The molecule has 1 aliphatic rings. The van der Waals surface area contributed by atoms with Crippen molar-refractivity contribution in [2.75, 3.05) is 20.8 Å². The second kappa shape index (κ2) is 3.53. The molecule has 0 aromatic carbocycles. The predicted octanol–water partition coefficient (Wildman–Crippen LogP) is 1.15. The van der Waals surface area contributed by atoms with Crippen LogP contribution < -0.4 is 0 Å². The van der Waals surface area contributed by atoms with Crippen molar-refractivity contribution >= 4 is 0 Å². The zero-order valence-electron chi connectivity index (χ0n) is 8.92. The second-order valence-corrected chi connectivity index (χ2v) is 3.54. The maximum atomic E-state index is 5.66. The normalized spacial score (nSPS) is 46.4. The summed E-state index contributed by atoms with van der Waals surface area (Å²) >= 11 is 0. The summed E-state index contributed by atoms with van der Waals surface area (Å²) in [5, 5.41) is 0. The van der Waals surface area contributed by atoms with Gasteiger partial charge in [0.15, 0.2) is 0 Å². The van der Waals surface area contributed by atoms with Crippen LogP contribution in [-0.2, 0) is 18.9 Å². The summed E-state index contributed by atoms with van der Waals surface area (Å²) in [4.78, 5) is 0. The lowest BCUT2D eigenvalue weighted by Gasteiger charge is -2.48. The number of ether oxygens (including phenoxy) is 4. The van der Waals surface area contributed by atoms with Gasteiger partial charge in [-0.1, -0.05) is 0 Å². The fraction of sp³-hybridized carbons (Fsp3) is 1.00. The molecule has 0 spiro atoms. The molecule has 0 bridgehead atoms. The highest BCUT2D eigenvalue weighted by molar-refractivity contribution is 4.85. The molecule has 78 valence electrons. The molecule has 0 N–H and O–H groups in total. The topological polar surface area (TPSA) is 36.9 Å². The molecule has 13 heavy (non-hydrogen) atoms. The molecule has 0 saturated carbocycles. The fourth-order valence-electron chi connectivity index (χ4n) is 1.41. The predicted molar refractivity (Wildman–Crippen MR) is 47.3 cm³/mol. The fourth-order valence-corrected chi connectivity index (χ4v) is 1.41. The molecule has 0 aliphatic carbocycles. The monoisotopic (exact) mass is 190 g/mol. The SMILES string of the molecule is COC1(C)OCC(C)OC1(C)OC. The van der Waals surface area contributed by atoms with E-state index in [1.54, 1.807) is 14.2 Å². The van der Waals surface area contributed by atoms with Gasteiger partial charge in [0.2, 0.25) is 11.6 Å². The highest BCUT2D eigenvalue weighted by Gasteiger charge is 2.52. The number of rotatable bonds is 2. The van der Waals surface area contributed by atoms with Gasteiger partial charge in [-0.25, -0.2) is 0 Å². The Hall–Kier alpha value is -0.160. The van der Waals surface area contributed by atoms with Crippen molar-refractivity contribution < 1.29 is 18.9 Å². The van der Waals surface area contributed by atoms with Crippen molar-refractivity contribution in [3.8, 4) is 0 Å². The van der Waals surface area contributed by atoms with Crippen LogP contribution in [0.1, 0.15) is 20.8 Å². The van der Waals surface area contributed by atoms with Gasteiger partial charge in [0, 0.05) is 14.2 Å². The lowest BCUT2D eigenvalue weighted by Crippen LogP contribution is -2.61. The summed E-state index contributed by atoms with van der Waals surface area (Å²) in [6, 6.07) is 0. The van der Waals surface area contributed by atoms with Crippen molar-refractivity contribution in [3.05, 3.63) is 0 Å². The first-order valence-electron chi connectivity index (χ1n) is 4.39. The van der Waals surface area contributed by atoms with E-state index in [4.69, 9.17) is 18.9 Å². The first kappa shape index (κ1) is 10.9. The highest BCUT2D eigenvalue weighted by Crippen LogP contribution is 2.36. The first-order chi connectivity index (χ1) is 5.97. The van der Waals surface area contributed by atoms with E-state index >= 15 is 0 Å². The van der Waals surface area contributed by atoms with Crippen LogP contribution >= 0.6 is 0 Å². The number of hydrogen-bond acceptors (Lipinski definition) is 4. The second-order valence-electron chi connectivity index (χ2n) is 3.54. The molecule has 4 nitrogen and oxygen atoms in total. The molecule has 0 amide bonds. The van der Waals surface area contributed by atoms with Gasteiger partial charge >= 0.3 is 0 Å². The maximum Gasteiger partial charge on any atom is 0.220 e. The Balaban J connectivity index is 2.84. The van der Waals surface area contributed by atoms with Crippen LogP contribution in [0.2, 0.25) is 0 Å². The third-order valence-corrected chi connectivity index (χ3v) is 2.62. The highest BCUT2D eigenvalue weighted by atomic mass is 16.8. The average Bonchev–Trinajstić information content (AvgIpc) is 2.12. The van der Waals surface area contributed by atoms with E-state index < -0.39 is 11.6 Å². The average molecular weight is 190 g/mol. The summed E-state index contributed by atoms with van der Waals surface area (Å²) in [6.45, 7) is 6.07. The van der Waals surface area contributed by atoms with E-state index in [0.717, 1.165) is 0 Å². The Morgan fingerprint density at radius 3 is 2.15 bits per heavy atom. The zero-order valence-corrected chi connectivity index (χ0v) is 8.92. The van der Waals surface area contributed by atoms with Crippen molar-refractivity contribution in [2.45, 2.75) is 38.4 Å². The van der Waals surface area contributed by atoms with Crippen LogP contribution in [0, 0.1) is 0 Å². The van der Waals surface area contributed by atoms with Gasteiger partial charge in [-0.05, 0) is 20.8 Å². The van der Waals surface area contributed by atoms with Crippen LogP contribution in [0.4, 0.5) is 0 Å². The van der Waals surface area contributed by atoms with Gasteiger partial charge in [0.05, 0.1) is 12.7 Å². The van der Waals surface area contributed by atoms with Gasteiger partial charge in [-0.15, -0.1) is 0 Å². The Bertz CT molecular complexity index is 184. The smallest absolute Gasteiger partial charge is 0.220 e. The van der Waals surface area contributed by atoms with E-state index in [2.05, 4.69) is 0 Å². The number of hydrogen-bond donors (Lipinski definition) is 0. The molecule has 4 heteroatoms. The molecule has 1 aliphatic heterocycles. The molecular formula is C9H18O4. The van der Waals surface area contributed by atoms with Crippen LogP contribution in [0.15, 0.2) is 0 Å². The molecule has 0 radical (unpaired) electrons. The summed E-state index contributed by atoms with van der Waals surface area (Å²) < 4.78 is 21.8. The Labute approximate surface area is 79.1 Å². The van der Waals surface area contributed by atoms with Gasteiger partial charge < -0.3 is 18.9 Å². The minimum atomic E-state index is -0.848. The van der Waals surface area contributed by atoms with Gasteiger partial charge in [-0.3, -0.25) is 0 Å². The van der Waals surface area contributed by atoms with E-state index in [-0.39, 0.29) is 6.10 Å². The van der Waals surface area contributed by atoms with Gasteiger partial charge in [0.25, 0.3) is 0 Å². The van der Waals surface area contributed by atoms with Gasteiger partial charge in [0.1, 0.15) is 0 Å². The Morgan fingerprint density at radius 2 is 1.69 bits per heavy atom.